The van der Waals surface area contributed by atoms with Crippen LogP contribution in [-0.4, -0.2) is 13.9 Å². The van der Waals surface area contributed by atoms with E-state index in [9.17, 15) is 0 Å². The van der Waals surface area contributed by atoms with Crippen LogP contribution in [0.4, 0.5) is 0 Å². The van der Waals surface area contributed by atoms with E-state index in [1.807, 2.05) is 12.1 Å². The third-order valence-corrected chi connectivity index (χ3v) is 2.02. The minimum atomic E-state index is 0.389. The fourth-order valence-corrected chi connectivity index (χ4v) is 1.38. The first kappa shape index (κ1) is 10.3. The lowest BCUT2D eigenvalue weighted by molar-refractivity contribution is 0.506. The van der Waals surface area contributed by atoms with Crippen molar-refractivity contribution in [1.82, 2.24) is 5.32 Å². The SMILES string of the molecule is [B]c1ccc(C(C)NC(C)C)cc1. The highest BCUT2D eigenvalue weighted by Crippen LogP contribution is 2.10. The van der Waals surface area contributed by atoms with Gasteiger partial charge >= 0.3 is 0 Å². The van der Waals surface area contributed by atoms with E-state index in [1.54, 1.807) is 0 Å². The van der Waals surface area contributed by atoms with Crippen LogP contribution in [0.3, 0.4) is 0 Å². The van der Waals surface area contributed by atoms with E-state index in [-0.39, 0.29) is 0 Å². The second-order valence-corrected chi connectivity index (χ2v) is 3.71. The fraction of sp³-hybridized carbons (Fsp3) is 0.455. The van der Waals surface area contributed by atoms with Gasteiger partial charge in [0.25, 0.3) is 0 Å². The topological polar surface area (TPSA) is 12.0 Å². The molecule has 68 valence electrons. The van der Waals surface area contributed by atoms with Crippen molar-refractivity contribution in [2.24, 2.45) is 0 Å². The average Bonchev–Trinajstić information content (AvgIpc) is 2.04. The van der Waals surface area contributed by atoms with Crippen molar-refractivity contribution in [3.8, 4) is 0 Å². The summed E-state index contributed by atoms with van der Waals surface area (Å²) in [5.41, 5.74) is 2.10. The van der Waals surface area contributed by atoms with E-state index in [0.717, 1.165) is 5.46 Å². The normalized spacial score (nSPS) is 13.2. The molecule has 0 spiro atoms. The van der Waals surface area contributed by atoms with E-state index < -0.39 is 0 Å². The van der Waals surface area contributed by atoms with Gasteiger partial charge in [-0.15, -0.1) is 0 Å². The Morgan fingerprint density at radius 2 is 1.62 bits per heavy atom. The summed E-state index contributed by atoms with van der Waals surface area (Å²) in [6.07, 6.45) is 0. The highest BCUT2D eigenvalue weighted by Gasteiger charge is 2.04. The minimum Gasteiger partial charge on any atom is -0.308 e. The van der Waals surface area contributed by atoms with Crippen molar-refractivity contribution in [3.63, 3.8) is 0 Å². The first-order valence-corrected chi connectivity index (χ1v) is 4.71. The second-order valence-electron chi connectivity index (χ2n) is 3.71. The molecular weight excluding hydrogens is 157 g/mol. The number of nitrogens with one attached hydrogen (secondary N) is 1. The summed E-state index contributed by atoms with van der Waals surface area (Å²) in [7, 11) is 5.61. The summed E-state index contributed by atoms with van der Waals surface area (Å²) in [5, 5.41) is 3.44. The van der Waals surface area contributed by atoms with E-state index >= 15 is 0 Å². The first-order chi connectivity index (χ1) is 6.09. The van der Waals surface area contributed by atoms with E-state index in [4.69, 9.17) is 7.85 Å². The van der Waals surface area contributed by atoms with E-state index in [2.05, 4.69) is 38.2 Å². The Kier molecular flexibility index (Phi) is 3.55. The molecule has 1 rings (SSSR count). The zero-order valence-corrected chi connectivity index (χ0v) is 8.54. The molecular formula is C11H16BN. The summed E-state index contributed by atoms with van der Waals surface area (Å²) in [6, 6.07) is 8.90. The van der Waals surface area contributed by atoms with E-state index in [1.165, 1.54) is 5.56 Å². The van der Waals surface area contributed by atoms with Crippen LogP contribution < -0.4 is 10.8 Å². The Morgan fingerprint density at radius 1 is 1.08 bits per heavy atom. The van der Waals surface area contributed by atoms with Crippen LogP contribution in [0, 0.1) is 0 Å². The van der Waals surface area contributed by atoms with Gasteiger partial charge in [-0.3, -0.25) is 0 Å². The Morgan fingerprint density at radius 3 is 2.08 bits per heavy atom. The van der Waals surface area contributed by atoms with Gasteiger partial charge in [-0.1, -0.05) is 43.6 Å². The molecule has 0 heterocycles. The molecule has 0 aromatic heterocycles. The molecule has 0 bridgehead atoms. The Hall–Kier alpha value is -0.755. The van der Waals surface area contributed by atoms with Crippen molar-refractivity contribution in [3.05, 3.63) is 29.8 Å². The molecule has 1 unspecified atom stereocenters. The summed E-state index contributed by atoms with van der Waals surface area (Å²) < 4.78 is 0. The van der Waals surface area contributed by atoms with Crippen LogP contribution in [0.2, 0.25) is 0 Å². The molecule has 1 N–H and O–H groups in total. The van der Waals surface area contributed by atoms with Crippen molar-refractivity contribution in [2.75, 3.05) is 0 Å². The molecule has 1 nitrogen and oxygen atoms in total. The number of hydrogen-bond donors (Lipinski definition) is 1. The Bertz CT molecular complexity index is 253. The van der Waals surface area contributed by atoms with Crippen molar-refractivity contribution < 1.29 is 0 Å². The number of hydrogen-bond acceptors (Lipinski definition) is 1. The molecule has 0 saturated carbocycles. The maximum atomic E-state index is 5.61. The molecule has 1 aromatic rings. The monoisotopic (exact) mass is 173 g/mol. The van der Waals surface area contributed by atoms with Gasteiger partial charge < -0.3 is 5.32 Å². The van der Waals surface area contributed by atoms with Crippen molar-refractivity contribution in [2.45, 2.75) is 32.9 Å². The van der Waals surface area contributed by atoms with Crippen molar-refractivity contribution >= 4 is 13.3 Å². The second kappa shape index (κ2) is 4.47. The number of rotatable bonds is 3. The molecule has 0 aliphatic rings. The standard InChI is InChI=1S/C11H16BN/c1-8(2)13-9(3)10-4-6-11(12)7-5-10/h4-9,13H,1-3H3. The summed E-state index contributed by atoms with van der Waals surface area (Å²) in [6.45, 7) is 6.45. The maximum absolute atomic E-state index is 5.61. The van der Waals surface area contributed by atoms with Crippen LogP contribution in [0.25, 0.3) is 0 Å². The molecule has 1 aromatic carbocycles. The quantitative estimate of drug-likeness (QED) is 0.683. The van der Waals surface area contributed by atoms with Crippen LogP contribution >= 0.6 is 0 Å². The van der Waals surface area contributed by atoms with Crippen molar-refractivity contribution in [1.29, 1.82) is 0 Å². The molecule has 13 heavy (non-hydrogen) atoms. The lowest BCUT2D eigenvalue weighted by atomic mass is 9.94. The van der Waals surface area contributed by atoms with Gasteiger partial charge in [0.1, 0.15) is 7.85 Å². The molecule has 2 heteroatoms. The largest absolute Gasteiger partial charge is 0.308 e. The number of benzene rings is 1. The molecule has 0 aliphatic heterocycles. The lowest BCUT2D eigenvalue weighted by Gasteiger charge is -2.17. The molecule has 0 saturated heterocycles. The van der Waals surface area contributed by atoms with Crippen LogP contribution in [-0.2, 0) is 0 Å². The molecule has 0 aliphatic carbocycles. The Labute approximate surface area is 82.0 Å². The summed E-state index contributed by atoms with van der Waals surface area (Å²) >= 11 is 0. The van der Waals surface area contributed by atoms with Gasteiger partial charge in [0.15, 0.2) is 0 Å². The van der Waals surface area contributed by atoms with Gasteiger partial charge in [-0.25, -0.2) is 0 Å². The van der Waals surface area contributed by atoms with Gasteiger partial charge in [0.2, 0.25) is 0 Å². The predicted molar refractivity (Wildman–Crippen MR) is 58.5 cm³/mol. The predicted octanol–water partition coefficient (Wildman–Crippen LogP) is 1.54. The third-order valence-electron chi connectivity index (χ3n) is 2.02. The first-order valence-electron chi connectivity index (χ1n) is 4.71. The molecule has 0 fully saturated rings. The van der Waals surface area contributed by atoms with Crippen LogP contribution in [0.1, 0.15) is 32.4 Å². The molecule has 1 atom stereocenters. The summed E-state index contributed by atoms with van der Waals surface area (Å²) in [4.78, 5) is 0. The van der Waals surface area contributed by atoms with Crippen LogP contribution in [0.15, 0.2) is 24.3 Å². The van der Waals surface area contributed by atoms with Gasteiger partial charge in [0, 0.05) is 12.1 Å². The minimum absolute atomic E-state index is 0.389. The smallest absolute Gasteiger partial charge is 0.113 e. The maximum Gasteiger partial charge on any atom is 0.113 e. The van der Waals surface area contributed by atoms with Gasteiger partial charge in [0.05, 0.1) is 0 Å². The lowest BCUT2D eigenvalue weighted by Crippen LogP contribution is -2.26. The zero-order chi connectivity index (χ0) is 9.84. The third kappa shape index (κ3) is 3.23. The zero-order valence-electron chi connectivity index (χ0n) is 8.54. The van der Waals surface area contributed by atoms with Crippen LogP contribution in [0.5, 0.6) is 0 Å². The Balaban J connectivity index is 2.66. The average molecular weight is 173 g/mol. The van der Waals surface area contributed by atoms with Gasteiger partial charge in [-0.05, 0) is 12.5 Å². The molecule has 0 amide bonds. The van der Waals surface area contributed by atoms with E-state index in [0.29, 0.717) is 12.1 Å². The highest BCUT2D eigenvalue weighted by atomic mass is 14.9. The van der Waals surface area contributed by atoms with Gasteiger partial charge in [-0.2, -0.15) is 0 Å². The molecule has 2 radical (unpaired) electrons. The highest BCUT2D eigenvalue weighted by molar-refractivity contribution is 6.32. The fourth-order valence-electron chi connectivity index (χ4n) is 1.38. The summed E-state index contributed by atoms with van der Waals surface area (Å²) in [5.74, 6) is 0.